The quantitative estimate of drug-likeness (QED) is 0.860. The van der Waals surface area contributed by atoms with Crippen molar-refractivity contribution in [1.82, 2.24) is 9.29 Å². The highest BCUT2D eigenvalue weighted by atomic mass is 32.2. The highest BCUT2D eigenvalue weighted by molar-refractivity contribution is 7.89. The first-order valence-corrected chi connectivity index (χ1v) is 8.81. The van der Waals surface area contributed by atoms with E-state index in [4.69, 9.17) is 4.74 Å². The van der Waals surface area contributed by atoms with Crippen LogP contribution in [-0.2, 0) is 23.0 Å². The van der Waals surface area contributed by atoms with E-state index in [0.29, 0.717) is 24.2 Å². The fraction of sp³-hybridized carbons (Fsp3) is 0.312. The Kier molecular flexibility index (Phi) is 4.32. The largest absolute Gasteiger partial charge is 0.492 e. The van der Waals surface area contributed by atoms with Crippen molar-refractivity contribution >= 4 is 10.0 Å². The topological polar surface area (TPSA) is 59.5 Å². The second-order valence-corrected chi connectivity index (χ2v) is 7.13. The lowest BCUT2D eigenvalue weighted by atomic mass is 10.0. The van der Waals surface area contributed by atoms with Gasteiger partial charge in [-0.3, -0.25) is 4.98 Å². The summed E-state index contributed by atoms with van der Waals surface area (Å²) in [7, 11) is -3.75. The van der Waals surface area contributed by atoms with E-state index < -0.39 is 10.0 Å². The van der Waals surface area contributed by atoms with E-state index in [0.717, 1.165) is 0 Å². The summed E-state index contributed by atoms with van der Waals surface area (Å²) in [5.41, 5.74) is 1.29. The number of fused-ring (bicyclic) bond motifs is 1. The maximum atomic E-state index is 13.8. The van der Waals surface area contributed by atoms with E-state index >= 15 is 0 Å². The minimum absolute atomic E-state index is 0.0432. The molecule has 1 aliphatic rings. The molecule has 0 amide bonds. The van der Waals surface area contributed by atoms with E-state index in [1.54, 1.807) is 19.1 Å². The minimum Gasteiger partial charge on any atom is -0.492 e. The average Bonchev–Trinajstić information content (AvgIpc) is 2.55. The molecule has 0 saturated heterocycles. The third-order valence-electron chi connectivity index (χ3n) is 3.84. The Morgan fingerprint density at radius 2 is 2.17 bits per heavy atom. The molecule has 0 unspecified atom stereocenters. The van der Waals surface area contributed by atoms with E-state index in [9.17, 15) is 12.8 Å². The van der Waals surface area contributed by atoms with Crippen molar-refractivity contribution in [2.24, 2.45) is 0 Å². The van der Waals surface area contributed by atoms with Crippen molar-refractivity contribution in [3.05, 3.63) is 53.6 Å². The highest BCUT2D eigenvalue weighted by Gasteiger charge is 2.31. The molecule has 2 aromatic rings. The summed E-state index contributed by atoms with van der Waals surface area (Å²) < 4.78 is 46.3. The summed E-state index contributed by atoms with van der Waals surface area (Å²) in [6, 6.07) is 6.29. The lowest BCUT2D eigenvalue weighted by Gasteiger charge is -2.28. The zero-order valence-electron chi connectivity index (χ0n) is 12.7. The zero-order valence-corrected chi connectivity index (χ0v) is 13.5. The van der Waals surface area contributed by atoms with Gasteiger partial charge in [-0.25, -0.2) is 12.8 Å². The molecule has 0 aliphatic carbocycles. The molecule has 122 valence electrons. The molecular weight excluding hydrogens is 319 g/mol. The van der Waals surface area contributed by atoms with Crippen molar-refractivity contribution in [3.8, 4) is 5.75 Å². The maximum Gasteiger partial charge on any atom is 0.248 e. The Bertz CT molecular complexity index is 824. The second kappa shape index (κ2) is 6.25. The monoisotopic (exact) mass is 336 g/mol. The molecule has 2 heterocycles. The number of benzene rings is 1. The van der Waals surface area contributed by atoms with Crippen LogP contribution in [0.4, 0.5) is 4.39 Å². The van der Waals surface area contributed by atoms with Gasteiger partial charge in [-0.15, -0.1) is 0 Å². The number of halogens is 1. The molecule has 0 bridgehead atoms. The number of sulfonamides is 1. The minimum atomic E-state index is -3.75. The van der Waals surface area contributed by atoms with E-state index in [1.807, 2.05) is 0 Å². The number of hydrogen-bond donors (Lipinski definition) is 0. The molecule has 0 atom stereocenters. The Balaban J connectivity index is 1.96. The third kappa shape index (κ3) is 2.94. The smallest absolute Gasteiger partial charge is 0.248 e. The van der Waals surface area contributed by atoms with Gasteiger partial charge < -0.3 is 4.74 Å². The molecule has 0 radical (unpaired) electrons. The van der Waals surface area contributed by atoms with Gasteiger partial charge in [0.1, 0.15) is 16.5 Å². The van der Waals surface area contributed by atoms with Crippen molar-refractivity contribution in [2.45, 2.75) is 24.8 Å². The van der Waals surface area contributed by atoms with Crippen LogP contribution in [0.25, 0.3) is 0 Å². The van der Waals surface area contributed by atoms with Gasteiger partial charge >= 0.3 is 0 Å². The molecule has 5 nitrogen and oxygen atoms in total. The molecule has 23 heavy (non-hydrogen) atoms. The molecule has 0 fully saturated rings. The maximum absolute atomic E-state index is 13.8. The van der Waals surface area contributed by atoms with Crippen LogP contribution < -0.4 is 4.74 Å². The van der Waals surface area contributed by atoms with Crippen LogP contribution in [0.2, 0.25) is 0 Å². The second-order valence-electron chi connectivity index (χ2n) is 5.22. The number of rotatable bonds is 4. The van der Waals surface area contributed by atoms with Gasteiger partial charge in [0.15, 0.2) is 0 Å². The SMILES string of the molecule is CCOc1ccncc1S(=O)(=O)N1CCc2c(F)cccc2C1. The standard InChI is InChI=1S/C16H17FN2O3S/c1-2-22-15-6-8-18-10-16(15)23(20,21)19-9-7-13-12(11-19)4-3-5-14(13)17/h3-6,8,10H,2,7,9,11H2,1H3. The van der Waals surface area contributed by atoms with Crippen LogP contribution in [0.5, 0.6) is 5.75 Å². The van der Waals surface area contributed by atoms with E-state index in [1.165, 1.54) is 28.8 Å². The number of ether oxygens (including phenoxy) is 1. The summed E-state index contributed by atoms with van der Waals surface area (Å²) in [6.45, 7) is 2.53. The number of hydrogen-bond acceptors (Lipinski definition) is 4. The Labute approximate surface area is 134 Å². The van der Waals surface area contributed by atoms with Crippen molar-refractivity contribution in [1.29, 1.82) is 0 Å². The first kappa shape index (κ1) is 15.9. The highest BCUT2D eigenvalue weighted by Crippen LogP contribution is 2.30. The summed E-state index contributed by atoms with van der Waals surface area (Å²) >= 11 is 0. The predicted octanol–water partition coefficient (Wildman–Crippen LogP) is 2.37. The molecule has 1 aromatic heterocycles. The molecule has 0 N–H and O–H groups in total. The molecule has 1 aromatic carbocycles. The van der Waals surface area contributed by atoms with E-state index in [-0.39, 0.29) is 29.6 Å². The van der Waals surface area contributed by atoms with Crippen LogP contribution in [-0.4, -0.2) is 30.9 Å². The fourth-order valence-electron chi connectivity index (χ4n) is 2.72. The predicted molar refractivity (Wildman–Crippen MR) is 83.1 cm³/mol. The van der Waals surface area contributed by atoms with Gasteiger partial charge in [0, 0.05) is 19.3 Å². The normalized spacial score (nSPS) is 15.2. The van der Waals surface area contributed by atoms with Crippen molar-refractivity contribution in [3.63, 3.8) is 0 Å². The number of aromatic nitrogens is 1. The Hall–Kier alpha value is -1.99. The first-order valence-electron chi connectivity index (χ1n) is 7.37. The molecule has 0 spiro atoms. The Morgan fingerprint density at radius 1 is 1.35 bits per heavy atom. The van der Waals surface area contributed by atoms with Gasteiger partial charge in [0.2, 0.25) is 10.0 Å². The van der Waals surface area contributed by atoms with Crippen molar-refractivity contribution < 1.29 is 17.5 Å². The van der Waals surface area contributed by atoms with Crippen LogP contribution in [0.1, 0.15) is 18.1 Å². The van der Waals surface area contributed by atoms with Gasteiger partial charge in [-0.1, -0.05) is 12.1 Å². The Morgan fingerprint density at radius 3 is 2.96 bits per heavy atom. The fourth-order valence-corrected chi connectivity index (χ4v) is 4.21. The van der Waals surface area contributed by atoms with Gasteiger partial charge in [-0.05, 0) is 36.6 Å². The van der Waals surface area contributed by atoms with Gasteiger partial charge in [0.25, 0.3) is 0 Å². The summed E-state index contributed by atoms with van der Waals surface area (Å²) in [4.78, 5) is 3.94. The summed E-state index contributed by atoms with van der Waals surface area (Å²) in [5.74, 6) is 0.00321. The zero-order chi connectivity index (χ0) is 16.4. The summed E-state index contributed by atoms with van der Waals surface area (Å²) in [5, 5.41) is 0. The van der Waals surface area contributed by atoms with Gasteiger partial charge in [-0.2, -0.15) is 4.31 Å². The van der Waals surface area contributed by atoms with Crippen LogP contribution in [0.3, 0.4) is 0 Å². The van der Waals surface area contributed by atoms with Crippen molar-refractivity contribution in [2.75, 3.05) is 13.2 Å². The van der Waals surface area contributed by atoms with Crippen LogP contribution in [0, 0.1) is 5.82 Å². The average molecular weight is 336 g/mol. The van der Waals surface area contributed by atoms with Crippen LogP contribution in [0.15, 0.2) is 41.6 Å². The van der Waals surface area contributed by atoms with Crippen LogP contribution >= 0.6 is 0 Å². The lowest BCUT2D eigenvalue weighted by Crippen LogP contribution is -2.36. The van der Waals surface area contributed by atoms with E-state index in [2.05, 4.69) is 4.98 Å². The molecule has 7 heteroatoms. The molecule has 3 rings (SSSR count). The molecule has 1 aliphatic heterocycles. The molecular formula is C16H17FN2O3S. The lowest BCUT2D eigenvalue weighted by molar-refractivity contribution is 0.326. The number of pyridine rings is 1. The molecule has 0 saturated carbocycles. The first-order chi connectivity index (χ1) is 11.0. The summed E-state index contributed by atoms with van der Waals surface area (Å²) in [6.07, 6.45) is 3.14. The van der Waals surface area contributed by atoms with Gasteiger partial charge in [0.05, 0.1) is 12.8 Å². The number of nitrogens with zero attached hydrogens (tertiary/aromatic N) is 2. The third-order valence-corrected chi connectivity index (χ3v) is 5.69.